The van der Waals surface area contributed by atoms with Crippen LogP contribution >= 0.6 is 0 Å². The van der Waals surface area contributed by atoms with Gasteiger partial charge in [-0.05, 0) is 37.9 Å². The Bertz CT molecular complexity index is 186. The monoisotopic (exact) mass is 219 g/mol. The fraction of sp³-hybridized carbons (Fsp3) is 1.00. The van der Waals surface area contributed by atoms with Crippen molar-refractivity contribution < 1.29 is 8.78 Å². The summed E-state index contributed by atoms with van der Waals surface area (Å²) in [6.07, 6.45) is 2.27. The van der Waals surface area contributed by atoms with Gasteiger partial charge in [0.25, 0.3) is 0 Å². The average Bonchev–Trinajstić information content (AvgIpc) is 2.19. The van der Waals surface area contributed by atoms with Crippen molar-refractivity contribution in [3.05, 3.63) is 0 Å². The molecule has 3 heteroatoms. The van der Waals surface area contributed by atoms with Crippen molar-refractivity contribution in [3.8, 4) is 0 Å². The molecule has 1 saturated carbocycles. The van der Waals surface area contributed by atoms with Crippen molar-refractivity contribution in [3.63, 3.8) is 0 Å². The quantitative estimate of drug-likeness (QED) is 0.652. The van der Waals surface area contributed by atoms with E-state index >= 15 is 0 Å². The molecule has 1 nitrogen and oxygen atoms in total. The summed E-state index contributed by atoms with van der Waals surface area (Å²) in [4.78, 5) is 2.35. The number of likely N-dealkylation sites (tertiary alicyclic amines) is 1. The summed E-state index contributed by atoms with van der Waals surface area (Å²) in [5.41, 5.74) is 0.0230. The number of rotatable bonds is 1. The summed E-state index contributed by atoms with van der Waals surface area (Å²) in [5, 5.41) is 0. The molecule has 1 spiro atoms. The lowest BCUT2D eigenvalue weighted by molar-refractivity contribution is -0.177. The topological polar surface area (TPSA) is 3.24 Å². The van der Waals surface area contributed by atoms with Crippen molar-refractivity contribution in [1.82, 2.24) is 4.90 Å². The van der Waals surface area contributed by atoms with E-state index in [4.69, 9.17) is 0 Å². The number of hydrogen-bond donors (Lipinski definition) is 0. The van der Waals surface area contributed by atoms with Gasteiger partial charge >= 0.3 is 0 Å². The van der Waals surface area contributed by atoms with Gasteiger partial charge in [-0.15, -0.1) is 0 Å². The third-order valence-electron chi connectivity index (χ3n) is 3.63. The number of alkyl halides is 2. The van der Waals surface area contributed by atoms with E-state index in [1.807, 2.05) is 13.8 Å². The molecule has 0 aromatic carbocycles. The van der Waals surface area contributed by atoms with Gasteiger partial charge in [0.05, 0.1) is 0 Å². The number of piperidine rings is 1. The van der Waals surface area contributed by atoms with E-state index in [0.717, 1.165) is 32.5 Å². The third kappa shape index (κ3) is 2.90. The largest absolute Gasteiger partial charge is 0.304 e. The summed E-state index contributed by atoms with van der Waals surface area (Å²) in [7, 11) is 0. The maximum absolute atomic E-state index is 12.7. The lowest BCUT2D eigenvalue weighted by Gasteiger charge is -2.51. The van der Waals surface area contributed by atoms with Gasteiger partial charge in [0, 0.05) is 12.8 Å². The van der Waals surface area contributed by atoms with Crippen LogP contribution in [0.2, 0.25) is 0 Å². The van der Waals surface area contributed by atoms with E-state index in [-0.39, 0.29) is 18.3 Å². The molecule has 0 aromatic rings. The lowest BCUT2D eigenvalue weighted by Crippen LogP contribution is -2.52. The molecule has 0 bridgehead atoms. The van der Waals surface area contributed by atoms with Crippen LogP contribution in [0.25, 0.3) is 0 Å². The highest BCUT2D eigenvalue weighted by Crippen LogP contribution is 2.57. The number of hydrogen-bond acceptors (Lipinski definition) is 1. The molecule has 1 heterocycles. The maximum atomic E-state index is 12.7. The molecule has 0 atom stereocenters. The second-order valence-electron chi connectivity index (χ2n) is 4.64. The van der Waals surface area contributed by atoms with E-state index in [9.17, 15) is 8.78 Å². The second kappa shape index (κ2) is 4.77. The molecule has 0 unspecified atom stereocenters. The zero-order chi connectivity index (χ0) is 11.5. The minimum absolute atomic E-state index is 0.0230. The number of nitrogens with zero attached hydrogens (tertiary/aromatic N) is 1. The van der Waals surface area contributed by atoms with Gasteiger partial charge in [0.15, 0.2) is 0 Å². The first-order valence-electron chi connectivity index (χ1n) is 6.16. The van der Waals surface area contributed by atoms with Gasteiger partial charge in [-0.25, -0.2) is 8.78 Å². The Morgan fingerprint density at radius 2 is 1.53 bits per heavy atom. The van der Waals surface area contributed by atoms with Gasteiger partial charge in [-0.1, -0.05) is 20.8 Å². The highest BCUT2D eigenvalue weighted by molar-refractivity contribution is 5.01. The molecule has 1 saturated heterocycles. The zero-order valence-electron chi connectivity index (χ0n) is 10.2. The lowest BCUT2D eigenvalue weighted by atomic mass is 9.61. The Hall–Kier alpha value is -0.180. The van der Waals surface area contributed by atoms with Crippen molar-refractivity contribution >= 4 is 0 Å². The molecule has 90 valence electrons. The molecule has 2 fully saturated rings. The van der Waals surface area contributed by atoms with Gasteiger partial charge in [-0.2, -0.15) is 0 Å². The van der Waals surface area contributed by atoms with E-state index < -0.39 is 5.92 Å². The molecule has 0 aromatic heterocycles. The minimum atomic E-state index is -2.34. The van der Waals surface area contributed by atoms with Gasteiger partial charge < -0.3 is 4.90 Å². The Labute approximate surface area is 91.8 Å². The van der Waals surface area contributed by atoms with Crippen molar-refractivity contribution in [1.29, 1.82) is 0 Å². The van der Waals surface area contributed by atoms with Gasteiger partial charge in [0.1, 0.15) is 0 Å². The van der Waals surface area contributed by atoms with Crippen LogP contribution in [0.1, 0.15) is 46.5 Å². The molecule has 15 heavy (non-hydrogen) atoms. The number of halogens is 2. The van der Waals surface area contributed by atoms with Crippen LogP contribution in [0.4, 0.5) is 8.78 Å². The molecular formula is C12H23F2N. The SMILES string of the molecule is CC.CCN1CCC2(CC1)CC(F)(F)C2. The van der Waals surface area contributed by atoms with Gasteiger partial charge in [0.2, 0.25) is 5.92 Å². The first-order valence-corrected chi connectivity index (χ1v) is 6.16. The molecule has 0 radical (unpaired) electrons. The molecule has 1 aliphatic heterocycles. The normalized spacial score (nSPS) is 27.8. The molecule has 0 amide bonds. The van der Waals surface area contributed by atoms with E-state index in [2.05, 4.69) is 11.8 Å². The Morgan fingerprint density at radius 3 is 1.87 bits per heavy atom. The van der Waals surface area contributed by atoms with E-state index in [1.54, 1.807) is 0 Å². The molecular weight excluding hydrogens is 196 g/mol. The highest BCUT2D eigenvalue weighted by Gasteiger charge is 2.56. The van der Waals surface area contributed by atoms with Crippen LogP contribution in [0.3, 0.4) is 0 Å². The van der Waals surface area contributed by atoms with Crippen LogP contribution in [0.15, 0.2) is 0 Å². The van der Waals surface area contributed by atoms with Crippen molar-refractivity contribution in [2.24, 2.45) is 5.41 Å². The van der Waals surface area contributed by atoms with E-state index in [0.29, 0.717) is 0 Å². The maximum Gasteiger partial charge on any atom is 0.249 e. The van der Waals surface area contributed by atoms with E-state index in [1.165, 1.54) is 0 Å². The van der Waals surface area contributed by atoms with Crippen LogP contribution in [0, 0.1) is 5.41 Å². The zero-order valence-corrected chi connectivity index (χ0v) is 10.2. The standard InChI is InChI=1S/C10H17F2N.C2H6/c1-2-13-5-3-9(4-6-13)7-10(11,12)8-9;1-2/h2-8H2,1H3;1-2H3. The van der Waals surface area contributed by atoms with Gasteiger partial charge in [-0.3, -0.25) is 0 Å². The van der Waals surface area contributed by atoms with Crippen LogP contribution in [-0.4, -0.2) is 30.5 Å². The minimum Gasteiger partial charge on any atom is -0.304 e. The Balaban J connectivity index is 0.000000531. The third-order valence-corrected chi connectivity index (χ3v) is 3.63. The Morgan fingerprint density at radius 1 is 1.07 bits per heavy atom. The summed E-state index contributed by atoms with van der Waals surface area (Å²) in [6, 6.07) is 0. The highest BCUT2D eigenvalue weighted by atomic mass is 19.3. The summed E-state index contributed by atoms with van der Waals surface area (Å²) < 4.78 is 25.5. The second-order valence-corrected chi connectivity index (χ2v) is 4.64. The molecule has 1 aliphatic carbocycles. The first-order chi connectivity index (χ1) is 7.05. The molecule has 2 rings (SSSR count). The predicted molar refractivity (Wildman–Crippen MR) is 59.3 cm³/mol. The fourth-order valence-electron chi connectivity index (χ4n) is 2.74. The predicted octanol–water partition coefficient (Wildman–Crippen LogP) is 3.54. The van der Waals surface area contributed by atoms with Crippen molar-refractivity contribution in [2.45, 2.75) is 52.4 Å². The van der Waals surface area contributed by atoms with Crippen LogP contribution in [-0.2, 0) is 0 Å². The fourth-order valence-corrected chi connectivity index (χ4v) is 2.74. The van der Waals surface area contributed by atoms with Crippen LogP contribution < -0.4 is 0 Å². The Kier molecular flexibility index (Phi) is 4.10. The smallest absolute Gasteiger partial charge is 0.249 e. The summed E-state index contributed by atoms with van der Waals surface area (Å²) >= 11 is 0. The average molecular weight is 219 g/mol. The first kappa shape index (κ1) is 12.9. The molecule has 2 aliphatic rings. The van der Waals surface area contributed by atoms with Crippen LogP contribution in [0.5, 0.6) is 0 Å². The van der Waals surface area contributed by atoms with Crippen molar-refractivity contribution in [2.75, 3.05) is 19.6 Å². The molecule has 0 N–H and O–H groups in total. The summed E-state index contributed by atoms with van der Waals surface area (Å²) in [6.45, 7) is 9.24. The summed E-state index contributed by atoms with van der Waals surface area (Å²) in [5.74, 6) is -2.34.